The molecule has 1 atom stereocenters. The smallest absolute Gasteiger partial charge is 0.255 e. The van der Waals surface area contributed by atoms with Crippen LogP contribution in [0, 0.1) is 0 Å². The largest absolute Gasteiger partial charge is 0.350 e. The zero-order valence-corrected chi connectivity index (χ0v) is 12.7. The number of aromatic amines is 1. The van der Waals surface area contributed by atoms with Crippen molar-refractivity contribution in [2.75, 3.05) is 11.9 Å². The third kappa shape index (κ3) is 1.92. The highest BCUT2D eigenvalue weighted by molar-refractivity contribution is 7.13. The topological polar surface area (TPSA) is 61.0 Å². The maximum atomic E-state index is 12.4. The number of para-hydroxylation sites is 1. The molecule has 0 bridgehead atoms. The summed E-state index contributed by atoms with van der Waals surface area (Å²) < 4.78 is 0. The van der Waals surface area contributed by atoms with Gasteiger partial charge in [-0.2, -0.15) is 5.10 Å². The molecule has 3 aromatic rings. The molecule has 0 saturated heterocycles. The van der Waals surface area contributed by atoms with E-state index in [1.54, 1.807) is 17.5 Å². The monoisotopic (exact) mass is 310 g/mol. The SMILES string of the molecule is CN1c2ccccc2C(=O)NC1c1cn[nH]c1-c1cccs1. The number of anilines is 1. The lowest BCUT2D eigenvalue weighted by atomic mass is 10.0. The van der Waals surface area contributed by atoms with Gasteiger partial charge in [-0.3, -0.25) is 9.89 Å². The molecule has 5 nitrogen and oxygen atoms in total. The molecule has 1 aliphatic heterocycles. The number of nitrogens with zero attached hydrogens (tertiary/aromatic N) is 2. The molecule has 2 N–H and O–H groups in total. The number of hydrogen-bond donors (Lipinski definition) is 2. The number of fused-ring (bicyclic) bond motifs is 1. The average Bonchev–Trinajstić information content (AvgIpc) is 3.21. The molecule has 22 heavy (non-hydrogen) atoms. The minimum Gasteiger partial charge on any atom is -0.350 e. The van der Waals surface area contributed by atoms with E-state index in [-0.39, 0.29) is 12.1 Å². The summed E-state index contributed by atoms with van der Waals surface area (Å²) >= 11 is 1.64. The number of hydrogen-bond acceptors (Lipinski definition) is 4. The van der Waals surface area contributed by atoms with Crippen LogP contribution in [-0.2, 0) is 0 Å². The van der Waals surface area contributed by atoms with Gasteiger partial charge in [0.1, 0.15) is 6.17 Å². The van der Waals surface area contributed by atoms with E-state index in [0.29, 0.717) is 5.56 Å². The number of rotatable bonds is 2. The molecule has 0 saturated carbocycles. The van der Waals surface area contributed by atoms with Gasteiger partial charge in [0.05, 0.1) is 28.0 Å². The maximum Gasteiger partial charge on any atom is 0.255 e. The Bertz CT molecular complexity index is 824. The molecule has 0 aliphatic carbocycles. The molecule has 1 aliphatic rings. The van der Waals surface area contributed by atoms with Crippen molar-refractivity contribution in [3.63, 3.8) is 0 Å². The van der Waals surface area contributed by atoms with Gasteiger partial charge >= 0.3 is 0 Å². The van der Waals surface area contributed by atoms with Crippen molar-refractivity contribution in [1.82, 2.24) is 15.5 Å². The van der Waals surface area contributed by atoms with Crippen LogP contribution < -0.4 is 10.2 Å². The first-order valence-electron chi connectivity index (χ1n) is 6.95. The Hall–Kier alpha value is -2.60. The van der Waals surface area contributed by atoms with E-state index in [0.717, 1.165) is 21.8 Å². The summed E-state index contributed by atoms with van der Waals surface area (Å²) in [5, 5.41) is 12.3. The number of thiophene rings is 1. The normalized spacial score (nSPS) is 17.2. The van der Waals surface area contributed by atoms with Gasteiger partial charge in [0, 0.05) is 12.6 Å². The van der Waals surface area contributed by atoms with Crippen molar-refractivity contribution in [2.45, 2.75) is 6.17 Å². The number of aromatic nitrogens is 2. The second-order valence-electron chi connectivity index (χ2n) is 5.18. The van der Waals surface area contributed by atoms with E-state index in [9.17, 15) is 4.79 Å². The number of benzene rings is 1. The summed E-state index contributed by atoms with van der Waals surface area (Å²) in [4.78, 5) is 15.5. The minimum atomic E-state index is -0.238. The van der Waals surface area contributed by atoms with Crippen LogP contribution >= 0.6 is 11.3 Å². The van der Waals surface area contributed by atoms with Gasteiger partial charge in [-0.15, -0.1) is 11.3 Å². The third-order valence-corrected chi connectivity index (χ3v) is 4.80. The van der Waals surface area contributed by atoms with Crippen molar-refractivity contribution in [2.24, 2.45) is 0 Å². The van der Waals surface area contributed by atoms with Crippen LogP contribution in [0.2, 0.25) is 0 Å². The van der Waals surface area contributed by atoms with Gasteiger partial charge in [0.25, 0.3) is 5.91 Å². The Morgan fingerprint density at radius 3 is 2.91 bits per heavy atom. The second kappa shape index (κ2) is 4.99. The first-order chi connectivity index (χ1) is 10.8. The van der Waals surface area contributed by atoms with Crippen molar-refractivity contribution in [1.29, 1.82) is 0 Å². The lowest BCUT2D eigenvalue weighted by Crippen LogP contribution is -2.44. The standard InChI is InChI=1S/C16H14N4OS/c1-20-12-6-3-2-5-10(12)16(21)18-15(20)11-9-17-19-14(11)13-7-4-8-22-13/h2-9,15H,1H3,(H,17,19)(H,18,21). The summed E-state index contributed by atoms with van der Waals surface area (Å²) in [5.74, 6) is -0.0583. The van der Waals surface area contributed by atoms with E-state index < -0.39 is 0 Å². The fourth-order valence-electron chi connectivity index (χ4n) is 2.82. The number of carbonyl (C=O) groups excluding carboxylic acids is 1. The van der Waals surface area contributed by atoms with Gasteiger partial charge in [0.15, 0.2) is 0 Å². The van der Waals surface area contributed by atoms with E-state index in [1.807, 2.05) is 48.8 Å². The van der Waals surface area contributed by atoms with Gasteiger partial charge in [-0.25, -0.2) is 0 Å². The lowest BCUT2D eigenvalue weighted by Gasteiger charge is -2.36. The summed E-state index contributed by atoms with van der Waals surface area (Å²) in [5.41, 5.74) is 3.54. The fraction of sp³-hybridized carbons (Fsp3) is 0.125. The van der Waals surface area contributed by atoms with E-state index in [4.69, 9.17) is 0 Å². The van der Waals surface area contributed by atoms with Crippen molar-refractivity contribution < 1.29 is 4.79 Å². The summed E-state index contributed by atoms with van der Waals surface area (Å²) in [6.07, 6.45) is 1.54. The van der Waals surface area contributed by atoms with E-state index in [2.05, 4.69) is 20.4 Å². The maximum absolute atomic E-state index is 12.4. The first kappa shape index (κ1) is 13.1. The molecular formula is C16H14N4OS. The first-order valence-corrected chi connectivity index (χ1v) is 7.83. The van der Waals surface area contributed by atoms with Gasteiger partial charge in [0.2, 0.25) is 0 Å². The molecule has 0 radical (unpaired) electrons. The molecule has 1 aromatic carbocycles. The molecule has 0 fully saturated rings. The van der Waals surface area contributed by atoms with Crippen LogP contribution in [0.5, 0.6) is 0 Å². The van der Waals surface area contributed by atoms with Crippen molar-refractivity contribution >= 4 is 22.9 Å². The zero-order valence-electron chi connectivity index (χ0n) is 11.9. The number of H-pyrrole nitrogens is 1. The third-order valence-electron chi connectivity index (χ3n) is 3.91. The molecule has 1 amide bonds. The van der Waals surface area contributed by atoms with Crippen LogP contribution in [0.1, 0.15) is 22.1 Å². The van der Waals surface area contributed by atoms with Gasteiger partial charge in [-0.05, 0) is 23.6 Å². The summed E-state index contributed by atoms with van der Waals surface area (Å²) in [7, 11) is 1.98. The van der Waals surface area contributed by atoms with Crippen LogP contribution in [0.25, 0.3) is 10.6 Å². The van der Waals surface area contributed by atoms with Crippen LogP contribution in [0.4, 0.5) is 5.69 Å². The average molecular weight is 310 g/mol. The van der Waals surface area contributed by atoms with Gasteiger partial charge in [-0.1, -0.05) is 18.2 Å². The van der Waals surface area contributed by atoms with Crippen LogP contribution in [0.15, 0.2) is 48.0 Å². The number of nitrogens with one attached hydrogen (secondary N) is 2. The molecule has 4 rings (SSSR count). The van der Waals surface area contributed by atoms with Gasteiger partial charge < -0.3 is 10.2 Å². The highest BCUT2D eigenvalue weighted by Gasteiger charge is 2.31. The highest BCUT2D eigenvalue weighted by atomic mass is 32.1. The Kier molecular flexibility index (Phi) is 2.97. The quantitative estimate of drug-likeness (QED) is 0.765. The number of carbonyl (C=O) groups is 1. The molecule has 2 aromatic heterocycles. The lowest BCUT2D eigenvalue weighted by molar-refractivity contribution is 0.0928. The van der Waals surface area contributed by atoms with Crippen LogP contribution in [0.3, 0.4) is 0 Å². The molecule has 1 unspecified atom stereocenters. The molecule has 3 heterocycles. The zero-order chi connectivity index (χ0) is 15.1. The highest BCUT2D eigenvalue weighted by Crippen LogP contribution is 2.36. The van der Waals surface area contributed by atoms with Crippen LogP contribution in [-0.4, -0.2) is 23.2 Å². The molecule has 0 spiro atoms. The fourth-order valence-corrected chi connectivity index (χ4v) is 3.56. The number of amides is 1. The predicted molar refractivity (Wildman–Crippen MR) is 87.0 cm³/mol. The Morgan fingerprint density at radius 1 is 1.23 bits per heavy atom. The molecular weight excluding hydrogens is 296 g/mol. The Labute approximate surface area is 131 Å². The Morgan fingerprint density at radius 2 is 2.09 bits per heavy atom. The van der Waals surface area contributed by atoms with E-state index in [1.165, 1.54) is 0 Å². The molecule has 110 valence electrons. The van der Waals surface area contributed by atoms with Crippen molar-refractivity contribution in [3.05, 3.63) is 59.1 Å². The van der Waals surface area contributed by atoms with E-state index >= 15 is 0 Å². The second-order valence-corrected chi connectivity index (χ2v) is 6.13. The Balaban J connectivity index is 1.79. The summed E-state index contributed by atoms with van der Waals surface area (Å²) in [6, 6.07) is 11.7. The molecule has 6 heteroatoms. The van der Waals surface area contributed by atoms with Crippen molar-refractivity contribution in [3.8, 4) is 10.6 Å². The minimum absolute atomic E-state index is 0.0583. The summed E-state index contributed by atoms with van der Waals surface area (Å²) in [6.45, 7) is 0. The predicted octanol–water partition coefficient (Wildman–Crippen LogP) is 3.02.